The number of Topliss-reactive ketones (excluding diaryl/α,β-unsaturated/α-hetero) is 1. The summed E-state index contributed by atoms with van der Waals surface area (Å²) < 4.78 is 17.4. The number of unbranched alkanes of at least 4 members (excludes halogenated alkanes) is 9. The summed E-state index contributed by atoms with van der Waals surface area (Å²) in [5, 5.41) is 12.4. The number of benzene rings is 1. The molecule has 5 aliphatic rings. The van der Waals surface area contributed by atoms with Crippen LogP contribution in [0.15, 0.2) is 12.1 Å². The Morgan fingerprint density at radius 1 is 1.05 bits per heavy atom. The van der Waals surface area contributed by atoms with Crippen LogP contribution in [0.25, 0.3) is 0 Å². The summed E-state index contributed by atoms with van der Waals surface area (Å²) in [6.45, 7) is 4.45. The molecule has 2 heterocycles. The molecule has 7 nitrogen and oxygen atoms in total. The Morgan fingerprint density at radius 2 is 1.77 bits per heavy atom. The third kappa shape index (κ3) is 4.95. The van der Waals surface area contributed by atoms with Gasteiger partial charge in [0.15, 0.2) is 23.4 Å². The van der Waals surface area contributed by atoms with E-state index in [4.69, 9.17) is 14.2 Å². The van der Waals surface area contributed by atoms with E-state index in [9.17, 15) is 14.7 Å². The smallest absolute Gasteiger partial charge is 0.477 e. The van der Waals surface area contributed by atoms with Crippen molar-refractivity contribution in [3.8, 4) is 11.5 Å². The van der Waals surface area contributed by atoms with Gasteiger partial charge in [-0.2, -0.15) is 0 Å². The Bertz CT molecular complexity index is 1100. The van der Waals surface area contributed by atoms with Crippen molar-refractivity contribution in [1.29, 1.82) is 0 Å². The first-order chi connectivity index (χ1) is 19.5. The molecule has 1 spiro atoms. The summed E-state index contributed by atoms with van der Waals surface area (Å²) in [5.41, 5.74) is 0.213. The van der Waals surface area contributed by atoms with Gasteiger partial charge in [-0.1, -0.05) is 70.8 Å². The molecule has 0 amide bonds. The number of likely N-dealkylation sites (tertiary alicyclic amines) is 1. The van der Waals surface area contributed by atoms with Gasteiger partial charge >= 0.3 is 6.16 Å². The second-order valence-corrected chi connectivity index (χ2v) is 13.1. The lowest BCUT2D eigenvalue weighted by molar-refractivity contribution is -0.188. The molecule has 1 aromatic rings. The van der Waals surface area contributed by atoms with Gasteiger partial charge in [-0.05, 0) is 62.6 Å². The minimum Gasteiger partial charge on any atom is -0.477 e. The van der Waals surface area contributed by atoms with Crippen molar-refractivity contribution in [3.63, 3.8) is 0 Å². The van der Waals surface area contributed by atoms with Crippen molar-refractivity contribution in [1.82, 2.24) is 4.90 Å². The minimum absolute atomic E-state index is 0.0164. The van der Waals surface area contributed by atoms with Crippen LogP contribution in [0.5, 0.6) is 11.5 Å². The Labute approximate surface area is 238 Å². The summed E-state index contributed by atoms with van der Waals surface area (Å²) in [6, 6.07) is 3.76. The maximum absolute atomic E-state index is 13.2. The topological polar surface area (TPSA) is 85.3 Å². The summed E-state index contributed by atoms with van der Waals surface area (Å²) >= 11 is 0. The van der Waals surface area contributed by atoms with Gasteiger partial charge in [0.05, 0.1) is 17.6 Å². The number of carbonyl (C=O) groups is 2. The van der Waals surface area contributed by atoms with Gasteiger partial charge in [-0.15, -0.1) is 0 Å². The fourth-order valence-electron chi connectivity index (χ4n) is 8.20. The Hall–Kier alpha value is -2.12. The molecule has 6 rings (SSSR count). The molecule has 2 bridgehead atoms. The quantitative estimate of drug-likeness (QED) is 0.165. The van der Waals surface area contributed by atoms with Crippen molar-refractivity contribution in [2.45, 2.75) is 133 Å². The lowest BCUT2D eigenvalue weighted by Crippen LogP contribution is -2.76. The van der Waals surface area contributed by atoms with E-state index in [1.807, 2.05) is 6.07 Å². The van der Waals surface area contributed by atoms with Crippen molar-refractivity contribution in [2.75, 3.05) is 19.7 Å². The number of hydrogen-bond donors (Lipinski definition) is 1. The highest BCUT2D eigenvalue weighted by Gasteiger charge is 2.73. The number of nitrogens with zero attached hydrogens (tertiary/aromatic N) is 1. The number of piperidine rings is 1. The molecule has 1 N–H and O–H groups in total. The molecule has 40 heavy (non-hydrogen) atoms. The number of carbonyl (C=O) groups excluding carboxylic acids is 2. The number of rotatable bonds is 14. The molecule has 7 heteroatoms. The molecule has 4 atom stereocenters. The van der Waals surface area contributed by atoms with Crippen LogP contribution in [-0.2, 0) is 21.4 Å². The van der Waals surface area contributed by atoms with E-state index < -0.39 is 23.3 Å². The van der Waals surface area contributed by atoms with Crippen LogP contribution >= 0.6 is 0 Å². The van der Waals surface area contributed by atoms with Gasteiger partial charge in [0.1, 0.15) is 0 Å². The van der Waals surface area contributed by atoms with Gasteiger partial charge < -0.3 is 19.3 Å². The number of aliphatic hydroxyl groups is 1. The fraction of sp³-hybridized carbons (Fsp3) is 0.758. The second-order valence-electron chi connectivity index (χ2n) is 13.1. The molecule has 3 fully saturated rings. The monoisotopic (exact) mass is 553 g/mol. The third-order valence-corrected chi connectivity index (χ3v) is 10.5. The van der Waals surface area contributed by atoms with E-state index >= 15 is 0 Å². The molecule has 1 saturated heterocycles. The Morgan fingerprint density at radius 3 is 2.50 bits per heavy atom. The highest BCUT2D eigenvalue weighted by Crippen LogP contribution is 2.65. The zero-order valence-corrected chi connectivity index (χ0v) is 24.3. The molecule has 2 saturated carbocycles. The highest BCUT2D eigenvalue weighted by atomic mass is 16.7. The number of hydrogen-bond acceptors (Lipinski definition) is 7. The largest absolute Gasteiger partial charge is 0.513 e. The summed E-state index contributed by atoms with van der Waals surface area (Å²) in [4.78, 5) is 28.3. The van der Waals surface area contributed by atoms with Crippen LogP contribution < -0.4 is 9.47 Å². The van der Waals surface area contributed by atoms with Crippen LogP contribution in [0.4, 0.5) is 4.79 Å². The van der Waals surface area contributed by atoms with Crippen molar-refractivity contribution in [2.24, 2.45) is 5.92 Å². The third-order valence-electron chi connectivity index (χ3n) is 10.5. The molecular weight excluding hydrogens is 506 g/mol. The van der Waals surface area contributed by atoms with Crippen molar-refractivity contribution >= 4 is 11.9 Å². The van der Waals surface area contributed by atoms with Gasteiger partial charge in [-0.3, -0.25) is 9.69 Å². The lowest BCUT2D eigenvalue weighted by atomic mass is 9.49. The lowest BCUT2D eigenvalue weighted by Gasteiger charge is -2.62. The molecule has 220 valence electrons. The Kier molecular flexibility index (Phi) is 8.15. The number of ketones is 1. The molecule has 2 aliphatic heterocycles. The summed E-state index contributed by atoms with van der Waals surface area (Å²) in [5.74, 6) is 1.53. The maximum Gasteiger partial charge on any atom is 0.513 e. The van der Waals surface area contributed by atoms with Crippen LogP contribution in [0.3, 0.4) is 0 Å². The van der Waals surface area contributed by atoms with E-state index in [1.54, 1.807) is 6.07 Å². The van der Waals surface area contributed by atoms with Gasteiger partial charge in [0.25, 0.3) is 0 Å². The molecule has 0 radical (unpaired) electrons. The molecule has 0 aromatic heterocycles. The minimum atomic E-state index is -1.02. The Balaban J connectivity index is 1.07. The van der Waals surface area contributed by atoms with Gasteiger partial charge in [-0.25, -0.2) is 4.79 Å². The molecule has 4 unspecified atom stereocenters. The zero-order chi connectivity index (χ0) is 27.7. The first-order valence-corrected chi connectivity index (χ1v) is 16.1. The molecular formula is C33H47NO6. The molecule has 3 aliphatic carbocycles. The predicted molar refractivity (Wildman–Crippen MR) is 152 cm³/mol. The first-order valence-electron chi connectivity index (χ1n) is 16.1. The van der Waals surface area contributed by atoms with E-state index in [0.29, 0.717) is 37.4 Å². The second kappa shape index (κ2) is 11.6. The predicted octanol–water partition coefficient (Wildman–Crippen LogP) is 6.26. The summed E-state index contributed by atoms with van der Waals surface area (Å²) in [7, 11) is 0. The number of ether oxygens (including phenoxy) is 3. The van der Waals surface area contributed by atoms with Crippen LogP contribution in [0, 0.1) is 5.92 Å². The van der Waals surface area contributed by atoms with Crippen molar-refractivity contribution in [3.05, 3.63) is 23.3 Å². The SMILES string of the molecule is CCCCCCCCCCCCOC(=O)Oc1ccc2c3c1OC1C(=O)CCC4(O)C(C2)N(CC2CC2)CCC314. The normalized spacial score (nSPS) is 30.1. The average molecular weight is 554 g/mol. The van der Waals surface area contributed by atoms with E-state index in [2.05, 4.69) is 11.8 Å². The standard InChI is InChI=1S/C33H47NO6/c1-2-3-4-5-6-7-8-9-10-11-20-38-31(36)39-26-15-14-24-21-27-33(37)17-16-25(35)30-32(33,28(24)29(26)40-30)18-19-34(27)22-23-12-13-23/h14-15,23,27,30,37H,2-13,16-22H2,1H3. The van der Waals surface area contributed by atoms with E-state index in [0.717, 1.165) is 55.8 Å². The van der Waals surface area contributed by atoms with Crippen LogP contribution in [-0.4, -0.2) is 59.4 Å². The zero-order valence-electron chi connectivity index (χ0n) is 24.3. The average Bonchev–Trinajstić information content (AvgIpc) is 3.68. The maximum atomic E-state index is 13.2. The van der Waals surface area contributed by atoms with E-state index in [-0.39, 0.29) is 11.8 Å². The van der Waals surface area contributed by atoms with Crippen LogP contribution in [0.1, 0.15) is 114 Å². The van der Waals surface area contributed by atoms with Crippen molar-refractivity contribution < 1.29 is 28.9 Å². The highest BCUT2D eigenvalue weighted by molar-refractivity contribution is 5.90. The molecule has 1 aromatic carbocycles. The fourth-order valence-corrected chi connectivity index (χ4v) is 8.20. The first kappa shape index (κ1) is 28.0. The summed E-state index contributed by atoms with van der Waals surface area (Å²) in [6.07, 6.45) is 15.4. The van der Waals surface area contributed by atoms with Gasteiger partial charge in [0.2, 0.25) is 0 Å². The van der Waals surface area contributed by atoms with Crippen LogP contribution in [0.2, 0.25) is 0 Å². The van der Waals surface area contributed by atoms with E-state index in [1.165, 1.54) is 57.8 Å². The van der Waals surface area contributed by atoms with Gasteiger partial charge in [0, 0.05) is 24.6 Å².